The van der Waals surface area contributed by atoms with E-state index in [1.54, 1.807) is 12.1 Å². The van der Waals surface area contributed by atoms with Crippen LogP contribution in [0.15, 0.2) is 35.1 Å². The number of furan rings is 1. The summed E-state index contributed by atoms with van der Waals surface area (Å²) >= 11 is 0. The van der Waals surface area contributed by atoms with E-state index in [1.807, 2.05) is 0 Å². The molecular weight excluding hydrogens is 146 g/mol. The highest BCUT2D eigenvalue weighted by Crippen LogP contribution is 2.00. The van der Waals surface area contributed by atoms with Crippen LogP contribution < -0.4 is 0 Å². The van der Waals surface area contributed by atoms with Crippen LogP contribution in [-0.2, 0) is 6.42 Å². The Morgan fingerprint density at radius 1 is 1.73 bits per heavy atom. The summed E-state index contributed by atoms with van der Waals surface area (Å²) in [6.07, 6.45) is 4.35. The molecule has 1 rings (SSSR count). The summed E-state index contributed by atoms with van der Waals surface area (Å²) in [5.74, 6) is 0.725. The van der Waals surface area contributed by atoms with Crippen LogP contribution in [0.25, 0.3) is 0 Å². The van der Waals surface area contributed by atoms with Crippen molar-refractivity contribution in [3.8, 4) is 0 Å². The summed E-state index contributed by atoms with van der Waals surface area (Å²) in [6.45, 7) is 0. The van der Waals surface area contributed by atoms with Crippen LogP contribution >= 0.6 is 0 Å². The Balaban J connectivity index is 2.40. The molecule has 0 saturated carbocycles. The van der Waals surface area contributed by atoms with Gasteiger partial charge in [-0.15, -0.1) is 0 Å². The standard InChI is InChI=1S/C7H7NO3/c9-8(10)5-1-3-7-4-2-6-11-7/h1-2,4-6H,3H2/b5-1+. The molecule has 0 radical (unpaired) electrons. The van der Waals surface area contributed by atoms with Gasteiger partial charge in [0.15, 0.2) is 0 Å². The van der Waals surface area contributed by atoms with E-state index in [-0.39, 0.29) is 0 Å². The van der Waals surface area contributed by atoms with E-state index in [0.717, 1.165) is 12.0 Å². The quantitative estimate of drug-likeness (QED) is 0.489. The minimum atomic E-state index is -0.497. The number of hydrogen-bond donors (Lipinski definition) is 0. The van der Waals surface area contributed by atoms with Gasteiger partial charge in [-0.25, -0.2) is 0 Å². The first kappa shape index (κ1) is 7.53. The van der Waals surface area contributed by atoms with E-state index < -0.39 is 4.92 Å². The largest absolute Gasteiger partial charge is 0.469 e. The van der Waals surface area contributed by atoms with E-state index in [2.05, 4.69) is 0 Å². The number of nitrogens with zero attached hydrogens (tertiary/aromatic N) is 1. The zero-order valence-electron chi connectivity index (χ0n) is 5.77. The van der Waals surface area contributed by atoms with Crippen LogP contribution in [0.2, 0.25) is 0 Å². The molecule has 0 amide bonds. The zero-order chi connectivity index (χ0) is 8.10. The van der Waals surface area contributed by atoms with Gasteiger partial charge in [0, 0.05) is 6.42 Å². The lowest BCUT2D eigenvalue weighted by Crippen LogP contribution is -1.83. The highest BCUT2D eigenvalue weighted by Gasteiger charge is 1.91. The number of hydrogen-bond acceptors (Lipinski definition) is 3. The average Bonchev–Trinajstić information content (AvgIpc) is 2.39. The Morgan fingerprint density at radius 2 is 2.55 bits per heavy atom. The first-order chi connectivity index (χ1) is 5.29. The van der Waals surface area contributed by atoms with Crippen molar-refractivity contribution in [3.05, 3.63) is 46.5 Å². The van der Waals surface area contributed by atoms with Crippen molar-refractivity contribution in [1.29, 1.82) is 0 Å². The van der Waals surface area contributed by atoms with Crippen LogP contribution in [0.3, 0.4) is 0 Å². The first-order valence-corrected chi connectivity index (χ1v) is 3.11. The second kappa shape index (κ2) is 3.55. The maximum atomic E-state index is 9.82. The summed E-state index contributed by atoms with van der Waals surface area (Å²) in [4.78, 5) is 9.32. The van der Waals surface area contributed by atoms with E-state index in [4.69, 9.17) is 4.42 Å². The van der Waals surface area contributed by atoms with Crippen LogP contribution in [-0.4, -0.2) is 4.92 Å². The van der Waals surface area contributed by atoms with Crippen molar-refractivity contribution in [3.63, 3.8) is 0 Å². The van der Waals surface area contributed by atoms with Crippen LogP contribution in [0.1, 0.15) is 5.76 Å². The third-order valence-corrected chi connectivity index (χ3v) is 1.13. The zero-order valence-corrected chi connectivity index (χ0v) is 5.77. The van der Waals surface area contributed by atoms with E-state index in [0.29, 0.717) is 6.42 Å². The van der Waals surface area contributed by atoms with Gasteiger partial charge in [0.25, 0.3) is 0 Å². The third kappa shape index (κ3) is 2.66. The predicted octanol–water partition coefficient (Wildman–Crippen LogP) is 1.61. The lowest BCUT2D eigenvalue weighted by molar-refractivity contribution is -0.402. The normalized spacial score (nSPS) is 10.5. The Bertz CT molecular complexity index is 251. The molecule has 0 N–H and O–H groups in total. The number of rotatable bonds is 3. The number of allylic oxidation sites excluding steroid dienone is 1. The van der Waals surface area contributed by atoms with Gasteiger partial charge in [-0.2, -0.15) is 0 Å². The van der Waals surface area contributed by atoms with Gasteiger partial charge < -0.3 is 4.42 Å². The fraction of sp³-hybridized carbons (Fsp3) is 0.143. The fourth-order valence-electron chi connectivity index (χ4n) is 0.684. The van der Waals surface area contributed by atoms with Gasteiger partial charge in [0.1, 0.15) is 5.76 Å². The molecule has 0 atom stereocenters. The highest BCUT2D eigenvalue weighted by molar-refractivity contribution is 5.02. The molecule has 11 heavy (non-hydrogen) atoms. The van der Waals surface area contributed by atoms with Crippen LogP contribution in [0.5, 0.6) is 0 Å². The van der Waals surface area contributed by atoms with Crippen molar-refractivity contribution >= 4 is 0 Å². The molecule has 0 aliphatic carbocycles. The molecular formula is C7H7NO3. The molecule has 0 saturated heterocycles. The van der Waals surface area contributed by atoms with Crippen molar-refractivity contribution < 1.29 is 9.34 Å². The van der Waals surface area contributed by atoms with E-state index in [9.17, 15) is 10.1 Å². The topological polar surface area (TPSA) is 56.3 Å². The monoisotopic (exact) mass is 153 g/mol. The van der Waals surface area contributed by atoms with Gasteiger partial charge in [0.2, 0.25) is 6.20 Å². The predicted molar refractivity (Wildman–Crippen MR) is 38.5 cm³/mol. The summed E-state index contributed by atoms with van der Waals surface area (Å²) in [5, 5.41) is 9.82. The number of nitro groups is 1. The molecule has 1 aromatic rings. The summed E-state index contributed by atoms with van der Waals surface area (Å²) in [6, 6.07) is 3.51. The van der Waals surface area contributed by atoms with E-state index >= 15 is 0 Å². The SMILES string of the molecule is O=[N+]([O-])/C=C/Cc1ccco1. The molecule has 0 aromatic carbocycles. The lowest BCUT2D eigenvalue weighted by atomic mass is 10.3. The molecule has 0 aliphatic rings. The smallest absolute Gasteiger partial charge is 0.230 e. The Labute approximate surface area is 63.3 Å². The van der Waals surface area contributed by atoms with Crippen molar-refractivity contribution in [1.82, 2.24) is 0 Å². The maximum absolute atomic E-state index is 9.82. The van der Waals surface area contributed by atoms with Crippen LogP contribution in [0, 0.1) is 10.1 Å². The molecule has 4 nitrogen and oxygen atoms in total. The molecule has 1 aromatic heterocycles. The Morgan fingerprint density at radius 3 is 3.09 bits per heavy atom. The van der Waals surface area contributed by atoms with Crippen molar-refractivity contribution in [2.75, 3.05) is 0 Å². The van der Waals surface area contributed by atoms with Crippen LogP contribution in [0.4, 0.5) is 0 Å². The summed E-state index contributed by atoms with van der Waals surface area (Å²) < 4.78 is 4.94. The first-order valence-electron chi connectivity index (χ1n) is 3.11. The van der Waals surface area contributed by atoms with Gasteiger partial charge in [-0.05, 0) is 18.2 Å². The minimum absolute atomic E-state index is 0.466. The lowest BCUT2D eigenvalue weighted by Gasteiger charge is -1.83. The molecule has 0 aliphatic heterocycles. The third-order valence-electron chi connectivity index (χ3n) is 1.13. The minimum Gasteiger partial charge on any atom is -0.469 e. The Hall–Kier alpha value is -1.58. The molecule has 0 fully saturated rings. The van der Waals surface area contributed by atoms with Crippen molar-refractivity contribution in [2.45, 2.75) is 6.42 Å². The van der Waals surface area contributed by atoms with Gasteiger partial charge in [-0.1, -0.05) is 0 Å². The molecule has 4 heteroatoms. The summed E-state index contributed by atoms with van der Waals surface area (Å²) in [7, 11) is 0. The maximum Gasteiger partial charge on any atom is 0.230 e. The fourth-order valence-corrected chi connectivity index (χ4v) is 0.684. The van der Waals surface area contributed by atoms with Gasteiger partial charge in [0.05, 0.1) is 11.2 Å². The van der Waals surface area contributed by atoms with Crippen molar-refractivity contribution in [2.24, 2.45) is 0 Å². The average molecular weight is 153 g/mol. The highest BCUT2D eigenvalue weighted by atomic mass is 16.6. The second-order valence-corrected chi connectivity index (χ2v) is 1.95. The molecule has 0 spiro atoms. The van der Waals surface area contributed by atoms with Gasteiger partial charge in [-0.3, -0.25) is 10.1 Å². The second-order valence-electron chi connectivity index (χ2n) is 1.95. The van der Waals surface area contributed by atoms with Gasteiger partial charge >= 0.3 is 0 Å². The molecule has 1 heterocycles. The molecule has 58 valence electrons. The van der Waals surface area contributed by atoms with E-state index in [1.165, 1.54) is 12.3 Å². The molecule has 0 bridgehead atoms. The summed E-state index contributed by atoms with van der Waals surface area (Å²) in [5.41, 5.74) is 0. The Kier molecular flexibility index (Phi) is 2.43. The molecule has 0 unspecified atom stereocenters.